The number of hydrogen-bond acceptors (Lipinski definition) is 3. The molecule has 0 unspecified atom stereocenters. The van der Waals surface area contributed by atoms with Crippen molar-refractivity contribution in [1.29, 1.82) is 0 Å². The predicted octanol–water partition coefficient (Wildman–Crippen LogP) is 2.35. The first-order valence-corrected chi connectivity index (χ1v) is 5.15. The summed E-state index contributed by atoms with van der Waals surface area (Å²) in [4.78, 5) is 11.3. The van der Waals surface area contributed by atoms with E-state index in [1.54, 1.807) is 6.07 Å². The molecule has 3 nitrogen and oxygen atoms in total. The Labute approximate surface area is 94.7 Å². The maximum atomic E-state index is 11.3. The van der Waals surface area contributed by atoms with Gasteiger partial charge in [0.1, 0.15) is 11.9 Å². The van der Waals surface area contributed by atoms with Crippen molar-refractivity contribution in [2.24, 2.45) is 0 Å². The number of carbonyl (C=O) groups is 1. The van der Waals surface area contributed by atoms with Gasteiger partial charge in [-0.05, 0) is 36.3 Å². The summed E-state index contributed by atoms with van der Waals surface area (Å²) in [5, 5.41) is 0. The third-order valence-electron chi connectivity index (χ3n) is 2.71. The molecule has 0 aliphatic carbocycles. The summed E-state index contributed by atoms with van der Waals surface area (Å²) in [5.74, 6) is 0.516. The van der Waals surface area contributed by atoms with Gasteiger partial charge in [-0.2, -0.15) is 0 Å². The van der Waals surface area contributed by atoms with Crippen molar-refractivity contribution in [2.45, 2.75) is 19.4 Å². The molecule has 1 heterocycles. The zero-order valence-corrected chi connectivity index (χ0v) is 9.45. The van der Waals surface area contributed by atoms with Gasteiger partial charge >= 0.3 is 5.97 Å². The number of carbonyl (C=O) groups excluding carboxylic acids is 1. The van der Waals surface area contributed by atoms with Gasteiger partial charge in [0.2, 0.25) is 0 Å². The zero-order chi connectivity index (χ0) is 11.7. The molecule has 0 saturated heterocycles. The van der Waals surface area contributed by atoms with Gasteiger partial charge in [-0.1, -0.05) is 6.58 Å². The normalized spacial score (nSPS) is 17.5. The second-order valence-electron chi connectivity index (χ2n) is 3.97. The van der Waals surface area contributed by atoms with Crippen molar-refractivity contribution >= 4 is 5.97 Å². The van der Waals surface area contributed by atoms with Crippen LogP contribution in [0.2, 0.25) is 0 Å². The SMILES string of the molecule is C=C(C)[C@@H]1Cc2cc(C(=O)OC)ccc2O1. The van der Waals surface area contributed by atoms with Gasteiger partial charge in [-0.25, -0.2) is 4.79 Å². The summed E-state index contributed by atoms with van der Waals surface area (Å²) in [6.45, 7) is 5.82. The first-order chi connectivity index (χ1) is 7.61. The molecule has 2 rings (SSSR count). The first kappa shape index (κ1) is 10.7. The molecule has 0 fully saturated rings. The minimum absolute atomic E-state index is 0.0305. The lowest BCUT2D eigenvalue weighted by molar-refractivity contribution is 0.0600. The number of ether oxygens (including phenoxy) is 2. The van der Waals surface area contributed by atoms with Crippen molar-refractivity contribution in [3.63, 3.8) is 0 Å². The molecule has 16 heavy (non-hydrogen) atoms. The van der Waals surface area contributed by atoms with Gasteiger partial charge in [0, 0.05) is 6.42 Å². The Hall–Kier alpha value is -1.77. The molecule has 1 aliphatic rings. The fraction of sp³-hybridized carbons (Fsp3) is 0.308. The molecule has 0 aromatic heterocycles. The van der Waals surface area contributed by atoms with Crippen LogP contribution in [0.25, 0.3) is 0 Å². The minimum atomic E-state index is -0.318. The Morgan fingerprint density at radius 3 is 2.94 bits per heavy atom. The quantitative estimate of drug-likeness (QED) is 0.564. The molecule has 1 aromatic rings. The van der Waals surface area contributed by atoms with E-state index < -0.39 is 0 Å². The number of hydrogen-bond donors (Lipinski definition) is 0. The van der Waals surface area contributed by atoms with Crippen LogP contribution in [0, 0.1) is 0 Å². The number of rotatable bonds is 2. The second-order valence-corrected chi connectivity index (χ2v) is 3.97. The molecule has 0 radical (unpaired) electrons. The number of fused-ring (bicyclic) bond motifs is 1. The van der Waals surface area contributed by atoms with Crippen LogP contribution in [-0.4, -0.2) is 19.2 Å². The van der Waals surface area contributed by atoms with E-state index in [-0.39, 0.29) is 12.1 Å². The third-order valence-corrected chi connectivity index (χ3v) is 2.71. The lowest BCUT2D eigenvalue weighted by Gasteiger charge is -2.08. The highest BCUT2D eigenvalue weighted by atomic mass is 16.5. The van der Waals surface area contributed by atoms with E-state index in [1.807, 2.05) is 19.1 Å². The zero-order valence-electron chi connectivity index (χ0n) is 9.45. The molecule has 0 amide bonds. The van der Waals surface area contributed by atoms with E-state index in [1.165, 1.54) is 7.11 Å². The molecule has 3 heteroatoms. The highest BCUT2D eigenvalue weighted by molar-refractivity contribution is 5.89. The van der Waals surface area contributed by atoms with Crippen LogP contribution in [0.15, 0.2) is 30.4 Å². The Morgan fingerprint density at radius 1 is 1.56 bits per heavy atom. The Morgan fingerprint density at radius 2 is 2.31 bits per heavy atom. The molecule has 1 aliphatic heterocycles. The molecular weight excluding hydrogens is 204 g/mol. The maximum Gasteiger partial charge on any atom is 0.337 e. The summed E-state index contributed by atoms with van der Waals surface area (Å²) in [5.41, 5.74) is 2.60. The van der Waals surface area contributed by atoms with Crippen LogP contribution in [0.3, 0.4) is 0 Å². The Balaban J connectivity index is 2.27. The van der Waals surface area contributed by atoms with Crippen LogP contribution < -0.4 is 4.74 Å². The highest BCUT2D eigenvalue weighted by Crippen LogP contribution is 2.31. The fourth-order valence-corrected chi connectivity index (χ4v) is 1.77. The lowest BCUT2D eigenvalue weighted by Crippen LogP contribution is -2.13. The van der Waals surface area contributed by atoms with Gasteiger partial charge < -0.3 is 9.47 Å². The average molecular weight is 218 g/mol. The van der Waals surface area contributed by atoms with Crippen LogP contribution in [-0.2, 0) is 11.2 Å². The third kappa shape index (κ3) is 1.81. The highest BCUT2D eigenvalue weighted by Gasteiger charge is 2.24. The largest absolute Gasteiger partial charge is 0.485 e. The molecule has 1 aromatic carbocycles. The molecule has 0 N–H and O–H groups in total. The van der Waals surface area contributed by atoms with Gasteiger partial charge in [-0.15, -0.1) is 0 Å². The van der Waals surface area contributed by atoms with E-state index in [0.29, 0.717) is 5.56 Å². The average Bonchev–Trinajstić information content (AvgIpc) is 2.70. The summed E-state index contributed by atoms with van der Waals surface area (Å²) in [7, 11) is 1.38. The van der Waals surface area contributed by atoms with E-state index in [2.05, 4.69) is 11.3 Å². The van der Waals surface area contributed by atoms with Crippen molar-refractivity contribution in [1.82, 2.24) is 0 Å². The van der Waals surface area contributed by atoms with Crippen LogP contribution in [0.4, 0.5) is 0 Å². The summed E-state index contributed by atoms with van der Waals surface area (Å²) in [6, 6.07) is 5.35. The topological polar surface area (TPSA) is 35.5 Å². The monoisotopic (exact) mass is 218 g/mol. The van der Waals surface area contributed by atoms with Crippen molar-refractivity contribution in [3.8, 4) is 5.75 Å². The molecule has 0 bridgehead atoms. The van der Waals surface area contributed by atoms with Crippen molar-refractivity contribution in [2.75, 3.05) is 7.11 Å². The second kappa shape index (κ2) is 4.00. The van der Waals surface area contributed by atoms with Crippen LogP contribution >= 0.6 is 0 Å². The van der Waals surface area contributed by atoms with Gasteiger partial charge in [0.05, 0.1) is 12.7 Å². The maximum absolute atomic E-state index is 11.3. The molecule has 0 saturated carbocycles. The van der Waals surface area contributed by atoms with Crippen molar-refractivity contribution < 1.29 is 14.3 Å². The molecule has 1 atom stereocenters. The van der Waals surface area contributed by atoms with Gasteiger partial charge in [0.15, 0.2) is 0 Å². The van der Waals surface area contributed by atoms with Gasteiger partial charge in [0.25, 0.3) is 0 Å². The lowest BCUT2D eigenvalue weighted by atomic mass is 10.0. The molecule has 0 spiro atoms. The summed E-state index contributed by atoms with van der Waals surface area (Å²) < 4.78 is 10.4. The fourth-order valence-electron chi connectivity index (χ4n) is 1.77. The van der Waals surface area contributed by atoms with Crippen LogP contribution in [0.5, 0.6) is 5.75 Å². The molecule has 84 valence electrons. The van der Waals surface area contributed by atoms with E-state index in [0.717, 1.165) is 23.3 Å². The van der Waals surface area contributed by atoms with Gasteiger partial charge in [-0.3, -0.25) is 0 Å². The van der Waals surface area contributed by atoms with Crippen LogP contribution in [0.1, 0.15) is 22.8 Å². The number of benzene rings is 1. The number of esters is 1. The predicted molar refractivity (Wildman–Crippen MR) is 60.7 cm³/mol. The first-order valence-electron chi connectivity index (χ1n) is 5.15. The standard InChI is InChI=1S/C13H14O3/c1-8(2)12-7-10-6-9(13(14)15-3)4-5-11(10)16-12/h4-6,12H,1,7H2,2-3H3/t12-/m0/s1. The van der Waals surface area contributed by atoms with E-state index in [9.17, 15) is 4.79 Å². The van der Waals surface area contributed by atoms with E-state index in [4.69, 9.17) is 4.74 Å². The Kier molecular flexibility index (Phi) is 2.69. The number of methoxy groups -OCH3 is 1. The molecular formula is C13H14O3. The van der Waals surface area contributed by atoms with E-state index >= 15 is 0 Å². The smallest absolute Gasteiger partial charge is 0.337 e. The Bertz CT molecular complexity index is 448. The van der Waals surface area contributed by atoms with Crippen molar-refractivity contribution in [3.05, 3.63) is 41.5 Å². The summed E-state index contributed by atoms with van der Waals surface area (Å²) in [6.07, 6.45) is 0.804. The minimum Gasteiger partial charge on any atom is -0.485 e. The summed E-state index contributed by atoms with van der Waals surface area (Å²) >= 11 is 0.